The number of sulfonamides is 1. The number of benzene rings is 1. The van der Waals surface area contributed by atoms with Gasteiger partial charge >= 0.3 is 0 Å². The molecule has 0 saturated heterocycles. The normalized spacial score (nSPS) is 14.8. The molecule has 1 atom stereocenters. The van der Waals surface area contributed by atoms with Gasteiger partial charge in [-0.05, 0) is 31.0 Å². The number of aliphatic hydroxyl groups is 1. The molecule has 0 amide bonds. The van der Waals surface area contributed by atoms with Gasteiger partial charge in [-0.15, -0.1) is 0 Å². The van der Waals surface area contributed by atoms with Crippen LogP contribution in [0.5, 0.6) is 0 Å². The number of rotatable bonds is 7. The number of hydrogen-bond acceptors (Lipinski definition) is 4. The smallest absolute Gasteiger partial charge is 0.212 e. The van der Waals surface area contributed by atoms with Gasteiger partial charge in [0, 0.05) is 6.54 Å². The quantitative estimate of drug-likeness (QED) is 0.815. The second-order valence-electron chi connectivity index (χ2n) is 5.13. The van der Waals surface area contributed by atoms with Crippen LogP contribution >= 0.6 is 0 Å². The monoisotopic (exact) mass is 309 g/mol. The van der Waals surface area contributed by atoms with Crippen LogP contribution in [0.15, 0.2) is 53.1 Å². The van der Waals surface area contributed by atoms with Crippen LogP contribution < -0.4 is 4.72 Å². The van der Waals surface area contributed by atoms with Crippen LogP contribution in [0.3, 0.4) is 0 Å². The molecule has 21 heavy (non-hydrogen) atoms. The third-order valence-corrected chi connectivity index (χ3v) is 4.52. The molecule has 2 N–H and O–H groups in total. The number of hydrogen-bond donors (Lipinski definition) is 2. The standard InChI is InChI=1S/C15H19NO4S/c1-15(17,14-8-5-10-20-14)12-16-21(18,19)11-9-13-6-3-2-4-7-13/h2-8,10,16-17H,9,11-12H2,1H3/t15-/m0/s1. The molecule has 0 spiro atoms. The summed E-state index contributed by atoms with van der Waals surface area (Å²) in [6.07, 6.45) is 1.87. The molecule has 2 rings (SSSR count). The van der Waals surface area contributed by atoms with Crippen LogP contribution in [-0.2, 0) is 22.0 Å². The molecule has 1 heterocycles. The number of furan rings is 1. The molecule has 0 aliphatic carbocycles. The summed E-state index contributed by atoms with van der Waals surface area (Å²) in [7, 11) is -3.46. The molecule has 5 nitrogen and oxygen atoms in total. The highest BCUT2D eigenvalue weighted by Gasteiger charge is 2.28. The molecule has 1 aromatic heterocycles. The molecular weight excluding hydrogens is 290 g/mol. The molecule has 0 unspecified atom stereocenters. The summed E-state index contributed by atoms with van der Waals surface area (Å²) in [5, 5.41) is 10.2. The molecule has 1 aromatic carbocycles. The molecule has 0 aliphatic rings. The van der Waals surface area contributed by atoms with E-state index in [0.717, 1.165) is 5.56 Å². The molecule has 114 valence electrons. The maximum atomic E-state index is 12.0. The summed E-state index contributed by atoms with van der Waals surface area (Å²) in [5.41, 5.74) is -0.413. The van der Waals surface area contributed by atoms with Crippen LogP contribution in [0.1, 0.15) is 18.2 Å². The highest BCUT2D eigenvalue weighted by atomic mass is 32.2. The first-order chi connectivity index (χ1) is 9.89. The molecule has 0 radical (unpaired) electrons. The van der Waals surface area contributed by atoms with Gasteiger partial charge in [0.15, 0.2) is 0 Å². The molecular formula is C15H19NO4S. The van der Waals surface area contributed by atoms with Crippen molar-refractivity contribution in [1.29, 1.82) is 0 Å². The average molecular weight is 309 g/mol. The van der Waals surface area contributed by atoms with E-state index in [-0.39, 0.29) is 12.3 Å². The number of aryl methyl sites for hydroxylation is 1. The van der Waals surface area contributed by atoms with Crippen LogP contribution in [0.25, 0.3) is 0 Å². The maximum Gasteiger partial charge on any atom is 0.212 e. The van der Waals surface area contributed by atoms with Gasteiger partial charge < -0.3 is 9.52 Å². The molecule has 6 heteroatoms. The fourth-order valence-corrected chi connectivity index (χ4v) is 3.04. The van der Waals surface area contributed by atoms with Crippen molar-refractivity contribution in [2.75, 3.05) is 12.3 Å². The van der Waals surface area contributed by atoms with Crippen molar-refractivity contribution in [2.24, 2.45) is 0 Å². The van der Waals surface area contributed by atoms with E-state index in [0.29, 0.717) is 12.2 Å². The lowest BCUT2D eigenvalue weighted by atomic mass is 10.1. The zero-order chi connectivity index (χ0) is 15.3. The van der Waals surface area contributed by atoms with E-state index in [1.807, 2.05) is 30.3 Å². The lowest BCUT2D eigenvalue weighted by Crippen LogP contribution is -2.39. The van der Waals surface area contributed by atoms with Gasteiger partial charge in [0.1, 0.15) is 11.4 Å². The van der Waals surface area contributed by atoms with Crippen LogP contribution in [0.2, 0.25) is 0 Å². The van der Waals surface area contributed by atoms with Crippen molar-refractivity contribution < 1.29 is 17.9 Å². The third-order valence-electron chi connectivity index (χ3n) is 3.19. The Balaban J connectivity index is 1.89. The zero-order valence-electron chi connectivity index (χ0n) is 11.8. The summed E-state index contributed by atoms with van der Waals surface area (Å²) in [5.74, 6) is 0.305. The van der Waals surface area contributed by atoms with Gasteiger partial charge in [-0.25, -0.2) is 13.1 Å². The first-order valence-corrected chi connectivity index (χ1v) is 8.32. The Morgan fingerprint density at radius 3 is 2.52 bits per heavy atom. The largest absolute Gasteiger partial charge is 0.466 e. The Labute approximate surface area is 124 Å². The lowest BCUT2D eigenvalue weighted by Gasteiger charge is -2.21. The van der Waals surface area contributed by atoms with Crippen molar-refractivity contribution in [3.05, 3.63) is 60.1 Å². The summed E-state index contributed by atoms with van der Waals surface area (Å²) in [6, 6.07) is 12.7. The maximum absolute atomic E-state index is 12.0. The summed E-state index contributed by atoms with van der Waals surface area (Å²) in [6.45, 7) is 1.38. The van der Waals surface area contributed by atoms with Gasteiger partial charge in [-0.2, -0.15) is 0 Å². The average Bonchev–Trinajstić information content (AvgIpc) is 3.00. The Hall–Kier alpha value is -1.63. The molecule has 0 bridgehead atoms. The van der Waals surface area contributed by atoms with Gasteiger partial charge in [0.05, 0.1) is 12.0 Å². The first-order valence-electron chi connectivity index (χ1n) is 6.67. The molecule has 2 aromatic rings. The Morgan fingerprint density at radius 1 is 1.19 bits per heavy atom. The lowest BCUT2D eigenvalue weighted by molar-refractivity contribution is 0.0395. The van der Waals surface area contributed by atoms with Gasteiger partial charge in [-0.3, -0.25) is 0 Å². The minimum atomic E-state index is -3.46. The van der Waals surface area contributed by atoms with E-state index in [1.165, 1.54) is 13.2 Å². The fourth-order valence-electron chi connectivity index (χ4n) is 1.89. The van der Waals surface area contributed by atoms with Crippen molar-refractivity contribution in [3.8, 4) is 0 Å². The first kappa shape index (κ1) is 15.8. The van der Waals surface area contributed by atoms with Crippen molar-refractivity contribution >= 4 is 10.0 Å². The minimum Gasteiger partial charge on any atom is -0.466 e. The van der Waals surface area contributed by atoms with Crippen LogP contribution in [0.4, 0.5) is 0 Å². The highest BCUT2D eigenvalue weighted by molar-refractivity contribution is 7.89. The predicted molar refractivity (Wildman–Crippen MR) is 80.2 cm³/mol. The van der Waals surface area contributed by atoms with E-state index >= 15 is 0 Å². The Kier molecular flexibility index (Phi) is 4.82. The van der Waals surface area contributed by atoms with Crippen LogP contribution in [-0.4, -0.2) is 25.8 Å². The van der Waals surface area contributed by atoms with Crippen molar-refractivity contribution in [3.63, 3.8) is 0 Å². The van der Waals surface area contributed by atoms with E-state index in [2.05, 4.69) is 4.72 Å². The fraction of sp³-hybridized carbons (Fsp3) is 0.333. The van der Waals surface area contributed by atoms with Crippen molar-refractivity contribution in [1.82, 2.24) is 4.72 Å². The van der Waals surface area contributed by atoms with E-state index in [1.54, 1.807) is 12.1 Å². The van der Waals surface area contributed by atoms with E-state index in [9.17, 15) is 13.5 Å². The van der Waals surface area contributed by atoms with Gasteiger partial charge in [0.2, 0.25) is 10.0 Å². The van der Waals surface area contributed by atoms with E-state index in [4.69, 9.17) is 4.42 Å². The highest BCUT2D eigenvalue weighted by Crippen LogP contribution is 2.20. The molecule has 0 saturated carbocycles. The van der Waals surface area contributed by atoms with Crippen LogP contribution in [0, 0.1) is 0 Å². The number of nitrogens with one attached hydrogen (secondary N) is 1. The third kappa shape index (κ3) is 4.70. The van der Waals surface area contributed by atoms with Crippen molar-refractivity contribution in [2.45, 2.75) is 18.9 Å². The summed E-state index contributed by atoms with van der Waals surface area (Å²) < 4.78 is 31.5. The molecule has 0 aliphatic heterocycles. The summed E-state index contributed by atoms with van der Waals surface area (Å²) >= 11 is 0. The predicted octanol–water partition coefficient (Wildman–Crippen LogP) is 1.65. The second-order valence-corrected chi connectivity index (χ2v) is 7.05. The Morgan fingerprint density at radius 2 is 1.90 bits per heavy atom. The second kappa shape index (κ2) is 6.43. The van der Waals surface area contributed by atoms with E-state index < -0.39 is 15.6 Å². The summed E-state index contributed by atoms with van der Waals surface area (Å²) in [4.78, 5) is 0. The van der Waals surface area contributed by atoms with Gasteiger partial charge in [-0.1, -0.05) is 30.3 Å². The Bertz CT molecular complexity index is 648. The minimum absolute atomic E-state index is 0.0226. The zero-order valence-corrected chi connectivity index (χ0v) is 12.6. The van der Waals surface area contributed by atoms with Gasteiger partial charge in [0.25, 0.3) is 0 Å². The molecule has 0 fully saturated rings. The SMILES string of the molecule is C[C@](O)(CNS(=O)(=O)CCc1ccccc1)c1ccco1. The topological polar surface area (TPSA) is 79.5 Å².